The first-order chi connectivity index (χ1) is 17.8. The van der Waals surface area contributed by atoms with Gasteiger partial charge in [0.2, 0.25) is 0 Å². The van der Waals surface area contributed by atoms with E-state index in [9.17, 15) is 14.4 Å². The van der Waals surface area contributed by atoms with Gasteiger partial charge in [-0.2, -0.15) is 0 Å². The number of rotatable bonds is 8. The predicted octanol–water partition coefficient (Wildman–Crippen LogP) is 7.01. The molecule has 3 aromatic carbocycles. The van der Waals surface area contributed by atoms with Crippen LogP contribution in [0.3, 0.4) is 0 Å². The van der Waals surface area contributed by atoms with Crippen molar-refractivity contribution in [2.24, 2.45) is 17.8 Å². The fraction of sp³-hybridized carbons (Fsp3) is 0.344. The molecule has 3 aromatic rings. The minimum atomic E-state index is -0.723. The first-order valence-electron chi connectivity index (χ1n) is 13.0. The summed E-state index contributed by atoms with van der Waals surface area (Å²) < 4.78 is 11.3. The van der Waals surface area contributed by atoms with Gasteiger partial charge in [-0.3, -0.25) is 4.79 Å². The van der Waals surface area contributed by atoms with E-state index in [1.54, 1.807) is 30.3 Å². The lowest BCUT2D eigenvalue weighted by Gasteiger charge is -2.36. The Bertz CT molecular complexity index is 1230. The van der Waals surface area contributed by atoms with Gasteiger partial charge in [-0.15, -0.1) is 0 Å². The monoisotopic (exact) mass is 498 g/mol. The third kappa shape index (κ3) is 6.53. The standard InChI is InChI=1S/C32H34O5/c1-21(2)26-18-13-22(3)19-30(26)37-32(35)28-12-8-7-11-27(28)31(34)36-20-29(33)25-16-14-24(15-17-25)23-9-5-4-6-10-23/h4-12,14-17,21-22,26,30H,13,18-20H2,1-3H3. The third-order valence-electron chi connectivity index (χ3n) is 7.23. The highest BCUT2D eigenvalue weighted by atomic mass is 16.5. The van der Waals surface area contributed by atoms with Crippen molar-refractivity contribution in [1.82, 2.24) is 0 Å². The van der Waals surface area contributed by atoms with Gasteiger partial charge in [-0.05, 0) is 53.9 Å². The summed E-state index contributed by atoms with van der Waals surface area (Å²) in [4.78, 5) is 38.7. The average Bonchev–Trinajstić information content (AvgIpc) is 2.92. The highest BCUT2D eigenvalue weighted by molar-refractivity contribution is 6.04. The molecule has 0 saturated heterocycles. The van der Waals surface area contributed by atoms with Crippen molar-refractivity contribution in [3.63, 3.8) is 0 Å². The number of hydrogen-bond donors (Lipinski definition) is 0. The summed E-state index contributed by atoms with van der Waals surface area (Å²) in [5.41, 5.74) is 2.76. The summed E-state index contributed by atoms with van der Waals surface area (Å²) in [5.74, 6) is -0.382. The zero-order valence-corrected chi connectivity index (χ0v) is 21.7. The van der Waals surface area contributed by atoms with E-state index < -0.39 is 18.5 Å². The van der Waals surface area contributed by atoms with Crippen LogP contribution in [-0.2, 0) is 9.47 Å². The van der Waals surface area contributed by atoms with E-state index in [-0.39, 0.29) is 23.0 Å². The Kier molecular flexibility index (Phi) is 8.54. The fourth-order valence-corrected chi connectivity index (χ4v) is 5.06. The van der Waals surface area contributed by atoms with Crippen molar-refractivity contribution in [2.75, 3.05) is 6.61 Å². The minimum absolute atomic E-state index is 0.102. The van der Waals surface area contributed by atoms with E-state index in [0.717, 1.165) is 30.4 Å². The van der Waals surface area contributed by atoms with Crippen LogP contribution in [0.25, 0.3) is 11.1 Å². The van der Waals surface area contributed by atoms with Gasteiger partial charge < -0.3 is 9.47 Å². The second kappa shape index (κ2) is 12.0. The van der Waals surface area contributed by atoms with E-state index in [4.69, 9.17) is 9.47 Å². The summed E-state index contributed by atoms with van der Waals surface area (Å²) in [6, 6.07) is 23.5. The first-order valence-corrected chi connectivity index (χ1v) is 13.0. The van der Waals surface area contributed by atoms with Gasteiger partial charge in [0.25, 0.3) is 0 Å². The number of Topliss-reactive ketones (excluding diaryl/α,β-unsaturated/α-hetero) is 1. The van der Waals surface area contributed by atoms with Gasteiger partial charge in [0.05, 0.1) is 11.1 Å². The summed E-state index contributed by atoms with van der Waals surface area (Å²) in [5, 5.41) is 0. The summed E-state index contributed by atoms with van der Waals surface area (Å²) in [6.07, 6.45) is 2.79. The van der Waals surface area contributed by atoms with Gasteiger partial charge >= 0.3 is 11.9 Å². The Balaban J connectivity index is 1.40. The maximum Gasteiger partial charge on any atom is 0.339 e. The molecule has 3 atom stereocenters. The van der Waals surface area contributed by atoms with Crippen molar-refractivity contribution in [3.05, 3.63) is 95.6 Å². The molecule has 37 heavy (non-hydrogen) atoms. The van der Waals surface area contributed by atoms with Crippen LogP contribution in [0.1, 0.15) is 71.1 Å². The lowest BCUT2D eigenvalue weighted by Crippen LogP contribution is -2.36. The quantitative estimate of drug-likeness (QED) is 0.247. The van der Waals surface area contributed by atoms with Crippen molar-refractivity contribution >= 4 is 17.7 Å². The van der Waals surface area contributed by atoms with E-state index in [1.807, 2.05) is 42.5 Å². The highest BCUT2D eigenvalue weighted by Gasteiger charge is 2.34. The predicted molar refractivity (Wildman–Crippen MR) is 143 cm³/mol. The van der Waals surface area contributed by atoms with Crippen LogP contribution in [0.15, 0.2) is 78.9 Å². The molecular weight excluding hydrogens is 464 g/mol. The Morgan fingerprint density at radius 1 is 0.784 bits per heavy atom. The molecule has 0 bridgehead atoms. The van der Waals surface area contributed by atoms with Gasteiger partial charge in [0.1, 0.15) is 6.10 Å². The molecule has 5 heteroatoms. The van der Waals surface area contributed by atoms with Crippen molar-refractivity contribution < 1.29 is 23.9 Å². The largest absolute Gasteiger partial charge is 0.458 e. The molecule has 0 N–H and O–H groups in total. The first kappa shape index (κ1) is 26.3. The molecule has 0 radical (unpaired) electrons. The molecule has 0 aromatic heterocycles. The van der Waals surface area contributed by atoms with E-state index in [1.165, 1.54) is 6.07 Å². The van der Waals surface area contributed by atoms with Crippen LogP contribution >= 0.6 is 0 Å². The van der Waals surface area contributed by atoms with Gasteiger partial charge in [-0.25, -0.2) is 9.59 Å². The van der Waals surface area contributed by atoms with Gasteiger partial charge in [-0.1, -0.05) is 93.9 Å². The topological polar surface area (TPSA) is 69.7 Å². The normalized spacial score (nSPS) is 19.3. The molecule has 0 amide bonds. The summed E-state index contributed by atoms with van der Waals surface area (Å²) >= 11 is 0. The van der Waals surface area contributed by atoms with E-state index in [2.05, 4.69) is 20.8 Å². The third-order valence-corrected chi connectivity index (χ3v) is 7.23. The van der Waals surface area contributed by atoms with Crippen molar-refractivity contribution in [2.45, 2.75) is 46.1 Å². The maximum atomic E-state index is 13.1. The SMILES string of the molecule is CC1CCC(C(C)C)C(OC(=O)c2ccccc2C(=O)OCC(=O)c2ccc(-c3ccccc3)cc2)C1. The molecule has 0 spiro atoms. The number of carbonyl (C=O) groups excluding carboxylic acids is 3. The zero-order valence-electron chi connectivity index (χ0n) is 21.7. The zero-order chi connectivity index (χ0) is 26.4. The van der Waals surface area contributed by atoms with Crippen molar-refractivity contribution in [1.29, 1.82) is 0 Å². The van der Waals surface area contributed by atoms with Crippen LogP contribution in [0.5, 0.6) is 0 Å². The molecule has 0 aliphatic heterocycles. The van der Waals surface area contributed by atoms with E-state index in [0.29, 0.717) is 23.3 Å². The molecule has 192 valence electrons. The van der Waals surface area contributed by atoms with Crippen molar-refractivity contribution in [3.8, 4) is 11.1 Å². The molecule has 1 aliphatic carbocycles. The Hall–Kier alpha value is -3.73. The fourth-order valence-electron chi connectivity index (χ4n) is 5.06. The Labute approximate surface area is 218 Å². The second-order valence-electron chi connectivity index (χ2n) is 10.3. The molecule has 3 unspecified atom stereocenters. The van der Waals surface area contributed by atoms with Crippen LogP contribution in [0, 0.1) is 17.8 Å². The number of hydrogen-bond acceptors (Lipinski definition) is 5. The molecule has 0 heterocycles. The maximum absolute atomic E-state index is 13.1. The van der Waals surface area contributed by atoms with Crippen LogP contribution in [0.4, 0.5) is 0 Å². The van der Waals surface area contributed by atoms with Crippen LogP contribution in [0.2, 0.25) is 0 Å². The molecule has 1 aliphatic rings. The summed E-state index contributed by atoms with van der Waals surface area (Å²) in [7, 11) is 0. The lowest BCUT2D eigenvalue weighted by atomic mass is 9.75. The van der Waals surface area contributed by atoms with Gasteiger partial charge in [0.15, 0.2) is 12.4 Å². The molecule has 5 nitrogen and oxygen atoms in total. The summed E-state index contributed by atoms with van der Waals surface area (Å²) in [6.45, 7) is 6.06. The molecule has 1 saturated carbocycles. The second-order valence-corrected chi connectivity index (χ2v) is 10.3. The smallest absolute Gasteiger partial charge is 0.339 e. The lowest BCUT2D eigenvalue weighted by molar-refractivity contribution is -0.0176. The molecule has 1 fully saturated rings. The molecular formula is C32H34O5. The number of esters is 2. The van der Waals surface area contributed by atoms with Gasteiger partial charge in [0, 0.05) is 5.56 Å². The number of benzene rings is 3. The Morgan fingerprint density at radius 3 is 2.03 bits per heavy atom. The number of ketones is 1. The molecule has 4 rings (SSSR count). The average molecular weight is 499 g/mol. The Morgan fingerprint density at radius 2 is 1.38 bits per heavy atom. The van der Waals surface area contributed by atoms with E-state index >= 15 is 0 Å². The van der Waals surface area contributed by atoms with Crippen LogP contribution < -0.4 is 0 Å². The number of ether oxygens (including phenoxy) is 2. The number of carbonyl (C=O) groups is 3. The highest BCUT2D eigenvalue weighted by Crippen LogP contribution is 2.36. The minimum Gasteiger partial charge on any atom is -0.458 e. The van der Waals surface area contributed by atoms with Crippen LogP contribution in [-0.4, -0.2) is 30.4 Å².